The topological polar surface area (TPSA) is 57.4 Å². The van der Waals surface area contributed by atoms with Crippen molar-refractivity contribution in [2.75, 3.05) is 20.0 Å². The minimum absolute atomic E-state index is 0.363. The molecule has 2 aromatic rings. The predicted molar refractivity (Wildman–Crippen MR) is 73.3 cm³/mol. The Labute approximate surface area is 107 Å². The lowest BCUT2D eigenvalue weighted by molar-refractivity contribution is 0.358. The third-order valence-electron chi connectivity index (χ3n) is 2.96. The Kier molecular flexibility index (Phi) is 3.28. The second-order valence-corrected chi connectivity index (χ2v) is 4.49. The van der Waals surface area contributed by atoms with Gasteiger partial charge in [0, 0.05) is 17.1 Å². The van der Waals surface area contributed by atoms with E-state index in [1.807, 2.05) is 12.1 Å². The van der Waals surface area contributed by atoms with Crippen molar-refractivity contribution in [2.45, 2.75) is 19.8 Å². The van der Waals surface area contributed by atoms with Gasteiger partial charge in [0.1, 0.15) is 0 Å². The van der Waals surface area contributed by atoms with Crippen LogP contribution < -0.4 is 15.2 Å². The SMILES string of the molecule is COc1cc(N)c2nc(C(C)C)ccc2c1OC. The van der Waals surface area contributed by atoms with Gasteiger partial charge in [0.25, 0.3) is 0 Å². The largest absolute Gasteiger partial charge is 0.493 e. The average molecular weight is 246 g/mol. The minimum atomic E-state index is 0.363. The molecule has 0 amide bonds. The van der Waals surface area contributed by atoms with Crippen LogP contribution in [0.2, 0.25) is 0 Å². The van der Waals surface area contributed by atoms with Gasteiger partial charge < -0.3 is 15.2 Å². The van der Waals surface area contributed by atoms with E-state index in [1.54, 1.807) is 20.3 Å². The maximum absolute atomic E-state index is 6.03. The van der Waals surface area contributed by atoms with Gasteiger partial charge >= 0.3 is 0 Å². The number of aromatic nitrogens is 1. The first-order valence-corrected chi connectivity index (χ1v) is 5.89. The van der Waals surface area contributed by atoms with E-state index < -0.39 is 0 Å². The molecule has 0 aliphatic heterocycles. The van der Waals surface area contributed by atoms with E-state index in [4.69, 9.17) is 15.2 Å². The number of pyridine rings is 1. The molecular formula is C14H18N2O2. The molecule has 0 aliphatic rings. The number of rotatable bonds is 3. The van der Waals surface area contributed by atoms with Gasteiger partial charge in [-0.15, -0.1) is 0 Å². The van der Waals surface area contributed by atoms with Gasteiger partial charge in [0.15, 0.2) is 11.5 Å². The molecule has 2 rings (SSSR count). The molecule has 1 heterocycles. The van der Waals surface area contributed by atoms with E-state index in [2.05, 4.69) is 18.8 Å². The molecule has 0 saturated carbocycles. The zero-order valence-electron chi connectivity index (χ0n) is 11.2. The smallest absolute Gasteiger partial charge is 0.170 e. The Morgan fingerprint density at radius 3 is 2.44 bits per heavy atom. The molecule has 0 aliphatic carbocycles. The minimum Gasteiger partial charge on any atom is -0.493 e. The van der Waals surface area contributed by atoms with Crippen LogP contribution in [0.1, 0.15) is 25.5 Å². The number of ether oxygens (including phenoxy) is 2. The van der Waals surface area contributed by atoms with E-state index in [1.165, 1.54) is 0 Å². The highest BCUT2D eigenvalue weighted by molar-refractivity contribution is 5.96. The third kappa shape index (κ3) is 1.94. The number of hydrogen-bond donors (Lipinski definition) is 1. The van der Waals surface area contributed by atoms with Gasteiger partial charge in [-0.05, 0) is 18.1 Å². The highest BCUT2D eigenvalue weighted by Gasteiger charge is 2.14. The highest BCUT2D eigenvalue weighted by atomic mass is 16.5. The Morgan fingerprint density at radius 2 is 1.89 bits per heavy atom. The molecule has 0 bridgehead atoms. The third-order valence-corrected chi connectivity index (χ3v) is 2.96. The number of nitrogens with zero attached hydrogens (tertiary/aromatic N) is 1. The summed E-state index contributed by atoms with van der Waals surface area (Å²) in [4.78, 5) is 4.60. The molecule has 2 N–H and O–H groups in total. The molecule has 18 heavy (non-hydrogen) atoms. The standard InChI is InChI=1S/C14H18N2O2/c1-8(2)11-6-5-9-13(16-11)10(15)7-12(17-3)14(9)18-4/h5-8H,15H2,1-4H3. The van der Waals surface area contributed by atoms with Crippen LogP contribution in [0.3, 0.4) is 0 Å². The summed E-state index contributed by atoms with van der Waals surface area (Å²) in [6.45, 7) is 4.20. The summed E-state index contributed by atoms with van der Waals surface area (Å²) in [7, 11) is 3.21. The number of nitrogens with two attached hydrogens (primary N) is 1. The maximum atomic E-state index is 6.03. The molecule has 0 spiro atoms. The molecule has 96 valence electrons. The number of methoxy groups -OCH3 is 2. The number of nitrogen functional groups attached to an aromatic ring is 1. The predicted octanol–water partition coefficient (Wildman–Crippen LogP) is 2.96. The molecular weight excluding hydrogens is 228 g/mol. The van der Waals surface area contributed by atoms with Gasteiger partial charge in [-0.2, -0.15) is 0 Å². The Balaban J connectivity index is 2.77. The fourth-order valence-electron chi connectivity index (χ4n) is 1.97. The van der Waals surface area contributed by atoms with Crippen molar-refractivity contribution in [2.24, 2.45) is 0 Å². The highest BCUT2D eigenvalue weighted by Crippen LogP contribution is 2.38. The van der Waals surface area contributed by atoms with Gasteiger partial charge in [-0.25, -0.2) is 0 Å². The van der Waals surface area contributed by atoms with Gasteiger partial charge in [-0.3, -0.25) is 4.98 Å². The van der Waals surface area contributed by atoms with E-state index in [0.717, 1.165) is 16.6 Å². The van der Waals surface area contributed by atoms with E-state index in [0.29, 0.717) is 23.1 Å². The number of hydrogen-bond acceptors (Lipinski definition) is 4. The number of fused-ring (bicyclic) bond motifs is 1. The quantitative estimate of drug-likeness (QED) is 0.846. The molecule has 0 saturated heterocycles. The Bertz CT molecular complexity index is 580. The van der Waals surface area contributed by atoms with Crippen molar-refractivity contribution < 1.29 is 9.47 Å². The second-order valence-electron chi connectivity index (χ2n) is 4.49. The van der Waals surface area contributed by atoms with Crippen molar-refractivity contribution in [1.29, 1.82) is 0 Å². The summed E-state index contributed by atoms with van der Waals surface area (Å²) < 4.78 is 10.7. The van der Waals surface area contributed by atoms with Crippen LogP contribution in [0.4, 0.5) is 5.69 Å². The summed E-state index contributed by atoms with van der Waals surface area (Å²) in [6.07, 6.45) is 0. The lowest BCUT2D eigenvalue weighted by Crippen LogP contribution is -1.99. The van der Waals surface area contributed by atoms with Crippen LogP contribution in [-0.4, -0.2) is 19.2 Å². The van der Waals surface area contributed by atoms with Crippen molar-refractivity contribution in [1.82, 2.24) is 4.98 Å². The van der Waals surface area contributed by atoms with Crippen molar-refractivity contribution in [3.63, 3.8) is 0 Å². The molecule has 0 fully saturated rings. The van der Waals surface area contributed by atoms with E-state index >= 15 is 0 Å². The van der Waals surface area contributed by atoms with Gasteiger partial charge in [0.2, 0.25) is 0 Å². The van der Waals surface area contributed by atoms with Crippen LogP contribution in [0, 0.1) is 0 Å². The van der Waals surface area contributed by atoms with Crippen molar-refractivity contribution in [3.8, 4) is 11.5 Å². The van der Waals surface area contributed by atoms with Crippen LogP contribution in [0.15, 0.2) is 18.2 Å². The van der Waals surface area contributed by atoms with Crippen LogP contribution >= 0.6 is 0 Å². The lowest BCUT2D eigenvalue weighted by atomic mass is 10.1. The molecule has 1 aromatic carbocycles. The monoisotopic (exact) mass is 246 g/mol. The van der Waals surface area contributed by atoms with E-state index in [9.17, 15) is 0 Å². The summed E-state index contributed by atoms with van der Waals surface area (Å²) in [5.41, 5.74) is 8.41. The zero-order valence-corrected chi connectivity index (χ0v) is 11.2. The molecule has 0 radical (unpaired) electrons. The molecule has 4 heteroatoms. The van der Waals surface area contributed by atoms with Gasteiger partial charge in [-0.1, -0.05) is 13.8 Å². The number of benzene rings is 1. The van der Waals surface area contributed by atoms with Crippen LogP contribution in [0.25, 0.3) is 10.9 Å². The molecule has 0 unspecified atom stereocenters. The molecule has 1 aromatic heterocycles. The Hall–Kier alpha value is -1.97. The fraction of sp³-hybridized carbons (Fsp3) is 0.357. The van der Waals surface area contributed by atoms with Gasteiger partial charge in [0.05, 0.1) is 25.4 Å². The first-order chi connectivity index (χ1) is 8.58. The summed E-state index contributed by atoms with van der Waals surface area (Å²) in [6, 6.07) is 5.72. The zero-order chi connectivity index (χ0) is 13.3. The molecule has 4 nitrogen and oxygen atoms in total. The average Bonchev–Trinajstić information content (AvgIpc) is 2.38. The van der Waals surface area contributed by atoms with Crippen LogP contribution in [-0.2, 0) is 0 Å². The number of anilines is 1. The molecule has 0 atom stereocenters. The van der Waals surface area contributed by atoms with E-state index in [-0.39, 0.29) is 0 Å². The second kappa shape index (κ2) is 4.72. The summed E-state index contributed by atoms with van der Waals surface area (Å²) >= 11 is 0. The van der Waals surface area contributed by atoms with Crippen LogP contribution in [0.5, 0.6) is 11.5 Å². The first kappa shape index (κ1) is 12.5. The fourth-order valence-corrected chi connectivity index (χ4v) is 1.97. The maximum Gasteiger partial charge on any atom is 0.170 e. The summed E-state index contributed by atoms with van der Waals surface area (Å²) in [5, 5.41) is 0.874. The van der Waals surface area contributed by atoms with Crippen molar-refractivity contribution in [3.05, 3.63) is 23.9 Å². The normalized spacial score (nSPS) is 10.9. The Morgan fingerprint density at radius 1 is 1.17 bits per heavy atom. The lowest BCUT2D eigenvalue weighted by Gasteiger charge is -2.14. The first-order valence-electron chi connectivity index (χ1n) is 5.89. The van der Waals surface area contributed by atoms with Crippen molar-refractivity contribution >= 4 is 16.6 Å². The summed E-state index contributed by atoms with van der Waals surface area (Å²) in [5.74, 6) is 1.66.